The van der Waals surface area contributed by atoms with Gasteiger partial charge in [0.1, 0.15) is 12.7 Å². The SMILES string of the molecule is C=C(C)CN(CC)C(=O)C(=O)Nc1ccc(-n2cncn2)cc1. The van der Waals surface area contributed by atoms with Crippen LogP contribution in [0.25, 0.3) is 5.69 Å². The summed E-state index contributed by atoms with van der Waals surface area (Å²) in [4.78, 5) is 29.5. The number of rotatable bonds is 5. The molecule has 7 heteroatoms. The molecule has 120 valence electrons. The first kappa shape index (κ1) is 16.4. The lowest BCUT2D eigenvalue weighted by Crippen LogP contribution is -2.40. The molecule has 2 aromatic rings. The van der Waals surface area contributed by atoms with Crippen molar-refractivity contribution in [1.82, 2.24) is 19.7 Å². The molecular weight excluding hydrogens is 294 g/mol. The lowest BCUT2D eigenvalue weighted by atomic mass is 10.2. The highest BCUT2D eigenvalue weighted by Gasteiger charge is 2.20. The van der Waals surface area contributed by atoms with Crippen molar-refractivity contribution in [2.75, 3.05) is 18.4 Å². The summed E-state index contributed by atoms with van der Waals surface area (Å²) in [5.74, 6) is -1.24. The van der Waals surface area contributed by atoms with Crippen LogP contribution in [-0.2, 0) is 9.59 Å². The minimum atomic E-state index is -0.665. The van der Waals surface area contributed by atoms with Crippen LogP contribution in [0.3, 0.4) is 0 Å². The standard InChI is InChI=1S/C16H19N5O2/c1-4-20(9-12(2)3)16(23)15(22)19-13-5-7-14(8-6-13)21-11-17-10-18-21/h5-8,10-11H,2,4,9H2,1,3H3,(H,19,22). The molecule has 7 nitrogen and oxygen atoms in total. The van der Waals surface area contributed by atoms with E-state index >= 15 is 0 Å². The number of carbonyl (C=O) groups is 2. The van der Waals surface area contributed by atoms with Crippen LogP contribution >= 0.6 is 0 Å². The van der Waals surface area contributed by atoms with Gasteiger partial charge in [0.25, 0.3) is 0 Å². The normalized spacial score (nSPS) is 10.2. The van der Waals surface area contributed by atoms with Gasteiger partial charge in [0, 0.05) is 18.8 Å². The number of likely N-dealkylation sites (N-methyl/N-ethyl adjacent to an activating group) is 1. The number of nitrogens with one attached hydrogen (secondary N) is 1. The molecule has 1 N–H and O–H groups in total. The van der Waals surface area contributed by atoms with Crippen LogP contribution in [0.4, 0.5) is 5.69 Å². The summed E-state index contributed by atoms with van der Waals surface area (Å²) in [6.07, 6.45) is 3.02. The molecule has 2 amide bonds. The first-order valence-corrected chi connectivity index (χ1v) is 7.21. The zero-order valence-corrected chi connectivity index (χ0v) is 13.2. The molecule has 0 radical (unpaired) electrons. The fourth-order valence-electron chi connectivity index (χ4n) is 2.02. The Bertz CT molecular complexity index is 692. The Kier molecular flexibility index (Phi) is 5.24. The molecule has 0 aliphatic heterocycles. The number of amides is 2. The monoisotopic (exact) mass is 313 g/mol. The Labute approximate surface area is 134 Å². The lowest BCUT2D eigenvalue weighted by Gasteiger charge is -2.20. The van der Waals surface area contributed by atoms with E-state index in [1.165, 1.54) is 11.2 Å². The van der Waals surface area contributed by atoms with Crippen LogP contribution < -0.4 is 5.32 Å². The van der Waals surface area contributed by atoms with Gasteiger partial charge in [-0.25, -0.2) is 9.67 Å². The first-order chi connectivity index (χ1) is 11.0. The van der Waals surface area contributed by atoms with Gasteiger partial charge in [-0.15, -0.1) is 0 Å². The molecule has 0 fully saturated rings. The zero-order valence-electron chi connectivity index (χ0n) is 13.2. The highest BCUT2D eigenvalue weighted by atomic mass is 16.2. The quantitative estimate of drug-likeness (QED) is 0.672. The van der Waals surface area contributed by atoms with Gasteiger partial charge in [-0.1, -0.05) is 12.2 Å². The van der Waals surface area contributed by atoms with E-state index in [2.05, 4.69) is 22.0 Å². The third kappa shape index (κ3) is 4.26. The van der Waals surface area contributed by atoms with Crippen LogP contribution in [-0.4, -0.2) is 44.6 Å². The van der Waals surface area contributed by atoms with Crippen LogP contribution in [0.2, 0.25) is 0 Å². The molecule has 0 spiro atoms. The third-order valence-corrected chi connectivity index (χ3v) is 3.13. The number of anilines is 1. The van der Waals surface area contributed by atoms with E-state index in [1.54, 1.807) is 35.3 Å². The maximum Gasteiger partial charge on any atom is 0.313 e. The minimum absolute atomic E-state index is 0.369. The number of carbonyl (C=O) groups excluding carboxylic acids is 2. The second-order valence-corrected chi connectivity index (χ2v) is 5.12. The highest BCUT2D eigenvalue weighted by Crippen LogP contribution is 2.12. The van der Waals surface area contributed by atoms with Crippen molar-refractivity contribution in [3.8, 4) is 5.69 Å². The van der Waals surface area contributed by atoms with Crippen molar-refractivity contribution >= 4 is 17.5 Å². The van der Waals surface area contributed by atoms with E-state index in [-0.39, 0.29) is 0 Å². The molecule has 0 bridgehead atoms. The summed E-state index contributed by atoms with van der Waals surface area (Å²) in [6, 6.07) is 6.97. The Morgan fingerprint density at radius 1 is 1.30 bits per heavy atom. The molecule has 0 aliphatic carbocycles. The zero-order chi connectivity index (χ0) is 16.8. The van der Waals surface area contributed by atoms with Crippen molar-refractivity contribution in [2.45, 2.75) is 13.8 Å². The predicted octanol–water partition coefficient (Wildman–Crippen LogP) is 1.63. The van der Waals surface area contributed by atoms with E-state index in [4.69, 9.17) is 0 Å². The van der Waals surface area contributed by atoms with Crippen molar-refractivity contribution in [1.29, 1.82) is 0 Å². The number of hydrogen-bond acceptors (Lipinski definition) is 4. The molecule has 0 atom stereocenters. The second-order valence-electron chi connectivity index (χ2n) is 5.12. The molecular formula is C16H19N5O2. The minimum Gasteiger partial charge on any atom is -0.331 e. The Hall–Kier alpha value is -2.96. The van der Waals surface area contributed by atoms with Gasteiger partial charge < -0.3 is 10.2 Å². The number of hydrogen-bond donors (Lipinski definition) is 1. The Morgan fingerprint density at radius 2 is 2.00 bits per heavy atom. The van der Waals surface area contributed by atoms with Crippen LogP contribution in [0.15, 0.2) is 49.1 Å². The van der Waals surface area contributed by atoms with Gasteiger partial charge in [-0.3, -0.25) is 9.59 Å². The number of benzene rings is 1. The summed E-state index contributed by atoms with van der Waals surface area (Å²) in [5.41, 5.74) is 2.17. The van der Waals surface area contributed by atoms with Gasteiger partial charge in [0.05, 0.1) is 5.69 Å². The molecule has 0 aliphatic rings. The summed E-state index contributed by atoms with van der Waals surface area (Å²) in [6.45, 7) is 8.22. The molecule has 1 heterocycles. The van der Waals surface area contributed by atoms with Gasteiger partial charge in [-0.05, 0) is 38.1 Å². The topological polar surface area (TPSA) is 80.1 Å². The summed E-state index contributed by atoms with van der Waals surface area (Å²) in [7, 11) is 0. The highest BCUT2D eigenvalue weighted by molar-refractivity contribution is 6.39. The predicted molar refractivity (Wildman–Crippen MR) is 87.1 cm³/mol. The first-order valence-electron chi connectivity index (χ1n) is 7.21. The summed E-state index contributed by atoms with van der Waals surface area (Å²) in [5, 5.41) is 6.61. The van der Waals surface area contributed by atoms with Gasteiger partial charge >= 0.3 is 11.8 Å². The van der Waals surface area contributed by atoms with E-state index in [0.717, 1.165) is 11.3 Å². The molecule has 2 rings (SSSR count). The van der Waals surface area contributed by atoms with Crippen molar-refractivity contribution in [3.05, 3.63) is 49.1 Å². The maximum absolute atomic E-state index is 12.1. The van der Waals surface area contributed by atoms with E-state index in [1.807, 2.05) is 13.8 Å². The molecule has 23 heavy (non-hydrogen) atoms. The van der Waals surface area contributed by atoms with Crippen LogP contribution in [0.1, 0.15) is 13.8 Å². The van der Waals surface area contributed by atoms with Crippen LogP contribution in [0.5, 0.6) is 0 Å². The van der Waals surface area contributed by atoms with Crippen molar-refractivity contribution in [2.24, 2.45) is 0 Å². The smallest absolute Gasteiger partial charge is 0.313 e. The maximum atomic E-state index is 12.1. The van der Waals surface area contributed by atoms with E-state index < -0.39 is 11.8 Å². The van der Waals surface area contributed by atoms with E-state index in [0.29, 0.717) is 18.8 Å². The Balaban J connectivity index is 2.02. The lowest BCUT2D eigenvalue weighted by molar-refractivity contribution is -0.142. The largest absolute Gasteiger partial charge is 0.331 e. The van der Waals surface area contributed by atoms with Gasteiger partial charge in [0.2, 0.25) is 0 Å². The van der Waals surface area contributed by atoms with E-state index in [9.17, 15) is 9.59 Å². The second kappa shape index (κ2) is 7.35. The fourth-order valence-corrected chi connectivity index (χ4v) is 2.02. The molecule has 1 aromatic carbocycles. The molecule has 0 saturated heterocycles. The Morgan fingerprint density at radius 3 is 2.52 bits per heavy atom. The molecule has 0 saturated carbocycles. The molecule has 0 unspecified atom stereocenters. The van der Waals surface area contributed by atoms with Gasteiger partial charge in [-0.2, -0.15) is 5.10 Å². The number of nitrogens with zero attached hydrogens (tertiary/aromatic N) is 4. The van der Waals surface area contributed by atoms with Gasteiger partial charge in [0.15, 0.2) is 0 Å². The summed E-state index contributed by atoms with van der Waals surface area (Å²) >= 11 is 0. The fraction of sp³-hybridized carbons (Fsp3) is 0.250. The average Bonchev–Trinajstić information content (AvgIpc) is 3.06. The molecule has 1 aromatic heterocycles. The average molecular weight is 313 g/mol. The van der Waals surface area contributed by atoms with Crippen LogP contribution in [0, 0.1) is 0 Å². The van der Waals surface area contributed by atoms with Crippen molar-refractivity contribution in [3.63, 3.8) is 0 Å². The van der Waals surface area contributed by atoms with Crippen molar-refractivity contribution < 1.29 is 9.59 Å². The number of aromatic nitrogens is 3. The summed E-state index contributed by atoms with van der Waals surface area (Å²) < 4.78 is 1.60. The third-order valence-electron chi connectivity index (χ3n) is 3.13.